The van der Waals surface area contributed by atoms with Crippen LogP contribution in [0, 0.1) is 0 Å². The third-order valence-corrected chi connectivity index (χ3v) is 7.18. The van der Waals surface area contributed by atoms with Gasteiger partial charge in [-0.1, -0.05) is 0 Å². The number of fused-ring (bicyclic) bond motifs is 3. The van der Waals surface area contributed by atoms with Crippen molar-refractivity contribution >= 4 is 27.6 Å². The van der Waals surface area contributed by atoms with Crippen LogP contribution in [0.4, 0.5) is 4.79 Å². The average molecular weight is 418 g/mol. The zero-order chi connectivity index (χ0) is 20.6. The molecule has 0 atom stereocenters. The lowest BCUT2D eigenvalue weighted by Gasteiger charge is -2.36. The number of hydrogen-bond acceptors (Lipinski definition) is 6. The normalized spacial score (nSPS) is 21.8. The Kier molecular flexibility index (Phi) is 5.69. The summed E-state index contributed by atoms with van der Waals surface area (Å²) in [6, 6.07) is 0. The Morgan fingerprint density at radius 2 is 1.90 bits per heavy atom. The summed E-state index contributed by atoms with van der Waals surface area (Å²) in [6.07, 6.45) is 8.35. The molecule has 0 unspecified atom stereocenters. The first kappa shape index (κ1) is 20.4. The molecule has 0 bridgehead atoms. The highest BCUT2D eigenvalue weighted by Gasteiger charge is 2.31. The molecular formula is C22H31N3O3S. The molecule has 158 valence electrons. The van der Waals surface area contributed by atoms with Crippen LogP contribution in [0.15, 0.2) is 6.33 Å². The van der Waals surface area contributed by atoms with Crippen molar-refractivity contribution in [1.82, 2.24) is 14.9 Å². The summed E-state index contributed by atoms with van der Waals surface area (Å²) >= 11 is 1.78. The number of aromatic nitrogens is 2. The quantitative estimate of drug-likeness (QED) is 0.690. The van der Waals surface area contributed by atoms with E-state index in [-0.39, 0.29) is 23.8 Å². The van der Waals surface area contributed by atoms with Gasteiger partial charge in [-0.25, -0.2) is 14.8 Å². The predicted molar refractivity (Wildman–Crippen MR) is 115 cm³/mol. The van der Waals surface area contributed by atoms with Gasteiger partial charge in [0.25, 0.3) is 0 Å². The molecule has 2 aromatic rings. The molecule has 2 aliphatic carbocycles. The van der Waals surface area contributed by atoms with Crippen molar-refractivity contribution in [2.24, 2.45) is 0 Å². The van der Waals surface area contributed by atoms with Gasteiger partial charge in [-0.15, -0.1) is 11.3 Å². The van der Waals surface area contributed by atoms with Crippen LogP contribution in [0.5, 0.6) is 5.88 Å². The summed E-state index contributed by atoms with van der Waals surface area (Å²) in [4.78, 5) is 25.7. The Bertz CT molecular complexity index is 881. The molecule has 7 heteroatoms. The number of carbonyl (C=O) groups excluding carboxylic acids is 1. The Labute approximate surface area is 176 Å². The van der Waals surface area contributed by atoms with Crippen molar-refractivity contribution in [3.63, 3.8) is 0 Å². The second-order valence-corrected chi connectivity index (χ2v) is 10.1. The molecule has 0 radical (unpaired) electrons. The van der Waals surface area contributed by atoms with E-state index in [0.29, 0.717) is 6.54 Å². The fourth-order valence-electron chi connectivity index (χ4n) is 4.50. The van der Waals surface area contributed by atoms with Gasteiger partial charge in [0.1, 0.15) is 23.4 Å². The minimum Gasteiger partial charge on any atom is -0.474 e. The van der Waals surface area contributed by atoms with E-state index in [0.717, 1.165) is 54.6 Å². The van der Waals surface area contributed by atoms with Gasteiger partial charge in [-0.2, -0.15) is 0 Å². The predicted octanol–water partition coefficient (Wildman–Crippen LogP) is 5.13. The fraction of sp³-hybridized carbons (Fsp3) is 0.682. The molecule has 2 aromatic heterocycles. The highest BCUT2D eigenvalue weighted by Crippen LogP contribution is 2.40. The Morgan fingerprint density at radius 3 is 2.59 bits per heavy atom. The van der Waals surface area contributed by atoms with Crippen molar-refractivity contribution in [2.75, 3.05) is 6.54 Å². The maximum Gasteiger partial charge on any atom is 0.410 e. The monoisotopic (exact) mass is 417 g/mol. The molecule has 0 saturated heterocycles. The molecule has 0 aromatic carbocycles. The Balaban J connectivity index is 1.36. The van der Waals surface area contributed by atoms with Crippen LogP contribution in [0.25, 0.3) is 10.2 Å². The molecule has 1 fully saturated rings. The first-order valence-electron chi connectivity index (χ1n) is 10.8. The first-order valence-corrected chi connectivity index (χ1v) is 11.6. The Hall–Kier alpha value is -1.89. The maximum absolute atomic E-state index is 12.5. The summed E-state index contributed by atoms with van der Waals surface area (Å²) in [5.41, 5.74) is 1.16. The maximum atomic E-state index is 12.5. The van der Waals surface area contributed by atoms with Gasteiger partial charge in [0, 0.05) is 17.0 Å². The lowest BCUT2D eigenvalue weighted by Crippen LogP contribution is -2.47. The van der Waals surface area contributed by atoms with Crippen LogP contribution in [-0.2, 0) is 17.6 Å². The van der Waals surface area contributed by atoms with E-state index in [9.17, 15) is 4.79 Å². The summed E-state index contributed by atoms with van der Waals surface area (Å²) in [5.74, 6) is 0.736. The van der Waals surface area contributed by atoms with E-state index >= 15 is 0 Å². The van der Waals surface area contributed by atoms with E-state index in [2.05, 4.69) is 9.97 Å². The number of nitrogens with zero attached hydrogens (tertiary/aromatic N) is 3. The van der Waals surface area contributed by atoms with Crippen LogP contribution in [-0.4, -0.2) is 45.3 Å². The summed E-state index contributed by atoms with van der Waals surface area (Å²) in [7, 11) is 0. The summed E-state index contributed by atoms with van der Waals surface area (Å²) in [5, 5.41) is 1.13. The molecule has 2 heterocycles. The molecule has 0 spiro atoms. The van der Waals surface area contributed by atoms with E-state index < -0.39 is 0 Å². The third-order valence-electron chi connectivity index (χ3n) is 5.98. The summed E-state index contributed by atoms with van der Waals surface area (Å²) in [6.45, 7) is 8.74. The SMILES string of the molecule is CCN(C(=O)OC1CCC(Oc2ncnc3sc4c(c23)CCC4)CC1)C(C)(C)C. The van der Waals surface area contributed by atoms with E-state index in [1.807, 2.05) is 27.7 Å². The molecule has 2 aliphatic rings. The highest BCUT2D eigenvalue weighted by atomic mass is 32.1. The highest BCUT2D eigenvalue weighted by molar-refractivity contribution is 7.18. The van der Waals surface area contributed by atoms with Gasteiger partial charge in [0.15, 0.2) is 0 Å². The van der Waals surface area contributed by atoms with E-state index in [1.54, 1.807) is 22.6 Å². The number of aryl methyl sites for hydroxylation is 2. The van der Waals surface area contributed by atoms with Crippen LogP contribution in [0.1, 0.15) is 70.2 Å². The van der Waals surface area contributed by atoms with Crippen molar-refractivity contribution in [2.45, 2.75) is 90.4 Å². The largest absolute Gasteiger partial charge is 0.474 e. The number of rotatable bonds is 4. The molecule has 1 amide bonds. The number of hydrogen-bond donors (Lipinski definition) is 0. The van der Waals surface area contributed by atoms with E-state index in [4.69, 9.17) is 9.47 Å². The Morgan fingerprint density at radius 1 is 1.17 bits per heavy atom. The molecule has 29 heavy (non-hydrogen) atoms. The van der Waals surface area contributed by atoms with Gasteiger partial charge >= 0.3 is 6.09 Å². The molecular weight excluding hydrogens is 386 g/mol. The van der Waals surface area contributed by atoms with Crippen LogP contribution in [0.2, 0.25) is 0 Å². The third kappa shape index (κ3) is 4.20. The lowest BCUT2D eigenvalue weighted by atomic mass is 9.95. The number of ether oxygens (including phenoxy) is 2. The molecule has 4 rings (SSSR count). The molecule has 1 saturated carbocycles. The van der Waals surface area contributed by atoms with Crippen LogP contribution in [0.3, 0.4) is 0 Å². The number of amides is 1. The molecule has 0 N–H and O–H groups in total. The van der Waals surface area contributed by atoms with Crippen molar-refractivity contribution in [3.8, 4) is 5.88 Å². The van der Waals surface area contributed by atoms with Crippen molar-refractivity contribution in [3.05, 3.63) is 16.8 Å². The fourth-order valence-corrected chi connectivity index (χ4v) is 5.72. The smallest absolute Gasteiger partial charge is 0.410 e. The average Bonchev–Trinajstić information content (AvgIpc) is 3.24. The molecule has 6 nitrogen and oxygen atoms in total. The van der Waals surface area contributed by atoms with Crippen LogP contribution < -0.4 is 4.74 Å². The zero-order valence-electron chi connectivity index (χ0n) is 17.9. The van der Waals surface area contributed by atoms with Gasteiger partial charge < -0.3 is 14.4 Å². The summed E-state index contributed by atoms with van der Waals surface area (Å²) < 4.78 is 12.1. The zero-order valence-corrected chi connectivity index (χ0v) is 18.7. The molecule has 0 aliphatic heterocycles. The topological polar surface area (TPSA) is 64.6 Å². The standard InChI is InChI=1S/C22H31N3O3S/c1-5-25(22(2,3)4)21(26)28-15-11-9-14(10-12-15)27-19-18-16-7-6-8-17(16)29-20(18)24-13-23-19/h13-15H,5-12H2,1-4H3. The van der Waals surface area contributed by atoms with E-state index in [1.165, 1.54) is 16.9 Å². The minimum absolute atomic E-state index is 0.0328. The second kappa shape index (κ2) is 8.09. The number of carbonyl (C=O) groups is 1. The minimum atomic E-state index is -0.231. The van der Waals surface area contributed by atoms with Gasteiger partial charge in [0.2, 0.25) is 5.88 Å². The number of thiophene rings is 1. The first-order chi connectivity index (χ1) is 13.9. The van der Waals surface area contributed by atoms with Crippen LogP contribution >= 0.6 is 11.3 Å². The van der Waals surface area contributed by atoms with Gasteiger partial charge in [-0.3, -0.25) is 0 Å². The second-order valence-electron chi connectivity index (χ2n) is 9.03. The van der Waals surface area contributed by atoms with Gasteiger partial charge in [-0.05, 0) is 78.2 Å². The van der Waals surface area contributed by atoms with Crippen molar-refractivity contribution in [1.29, 1.82) is 0 Å². The van der Waals surface area contributed by atoms with Gasteiger partial charge in [0.05, 0.1) is 5.39 Å². The van der Waals surface area contributed by atoms with Crippen molar-refractivity contribution < 1.29 is 14.3 Å². The lowest BCUT2D eigenvalue weighted by molar-refractivity contribution is 0.00903.